The van der Waals surface area contributed by atoms with Crippen LogP contribution in [0.1, 0.15) is 24.0 Å². The molecule has 2 atom stereocenters. The van der Waals surface area contributed by atoms with Gasteiger partial charge in [-0.25, -0.2) is 14.6 Å². The number of carbonyl (C=O) groups excluding carboxylic acids is 2. The maximum atomic E-state index is 12.8. The number of aromatic nitrogens is 1. The third-order valence-electron chi connectivity index (χ3n) is 4.87. The van der Waals surface area contributed by atoms with Crippen molar-refractivity contribution in [1.82, 2.24) is 15.2 Å². The van der Waals surface area contributed by atoms with Crippen LogP contribution in [0.4, 0.5) is 4.79 Å². The van der Waals surface area contributed by atoms with E-state index in [2.05, 4.69) is 26.2 Å². The highest BCUT2D eigenvalue weighted by Gasteiger charge is 2.36. The Hall–Kier alpha value is -2.94. The number of halogens is 1. The van der Waals surface area contributed by atoms with Crippen molar-refractivity contribution in [2.45, 2.75) is 38.0 Å². The van der Waals surface area contributed by atoms with Crippen molar-refractivity contribution in [3.63, 3.8) is 0 Å². The lowest BCUT2D eigenvalue weighted by molar-refractivity contribution is -0.142. The zero-order valence-electron chi connectivity index (χ0n) is 16.2. The smallest absolute Gasteiger partial charge is 0.410 e. The Balaban J connectivity index is 1.61. The minimum Gasteiger partial charge on any atom is -0.480 e. The molecule has 2 N–H and O–H groups in total. The van der Waals surface area contributed by atoms with E-state index in [4.69, 9.17) is 4.74 Å². The van der Waals surface area contributed by atoms with Gasteiger partial charge in [-0.2, -0.15) is 0 Å². The molecular formula is C21H22BrN3O5. The van der Waals surface area contributed by atoms with Gasteiger partial charge in [-0.3, -0.25) is 9.69 Å². The predicted octanol–water partition coefficient (Wildman–Crippen LogP) is 2.76. The number of aliphatic carboxylic acids is 1. The van der Waals surface area contributed by atoms with E-state index in [1.165, 1.54) is 4.90 Å². The maximum absolute atomic E-state index is 12.8. The van der Waals surface area contributed by atoms with Gasteiger partial charge in [-0.05, 0) is 46.0 Å². The van der Waals surface area contributed by atoms with E-state index >= 15 is 0 Å². The van der Waals surface area contributed by atoms with Crippen molar-refractivity contribution in [2.75, 3.05) is 6.54 Å². The average molecular weight is 476 g/mol. The molecule has 0 spiro atoms. The molecule has 0 saturated carbocycles. The van der Waals surface area contributed by atoms with Crippen LogP contribution in [0.25, 0.3) is 0 Å². The van der Waals surface area contributed by atoms with Crippen LogP contribution < -0.4 is 5.32 Å². The Morgan fingerprint density at radius 1 is 1.23 bits per heavy atom. The highest BCUT2D eigenvalue weighted by molar-refractivity contribution is 9.10. The lowest BCUT2D eigenvalue weighted by Gasteiger charge is -2.25. The van der Waals surface area contributed by atoms with Crippen molar-refractivity contribution >= 4 is 33.9 Å². The van der Waals surface area contributed by atoms with Crippen LogP contribution in [-0.2, 0) is 27.4 Å². The quantitative estimate of drug-likeness (QED) is 0.595. The monoisotopic (exact) mass is 475 g/mol. The molecule has 3 rings (SSSR count). The molecule has 9 heteroatoms. The van der Waals surface area contributed by atoms with E-state index in [1.807, 2.05) is 30.3 Å². The van der Waals surface area contributed by atoms with Gasteiger partial charge in [0, 0.05) is 19.2 Å². The molecule has 1 aromatic carbocycles. The standard InChI is InChI=1S/C21H22BrN3O5/c22-18-15(8-4-10-23-18)12-16(20(27)28)24-19(26)17-9-5-11-25(17)21(29)30-13-14-6-2-1-3-7-14/h1-4,6-8,10,16-17H,5,9,11-13H2,(H,24,26)(H,27,28)/t16-,17-/m1/s1. The van der Waals surface area contributed by atoms with E-state index in [0.29, 0.717) is 29.6 Å². The Labute approximate surface area is 182 Å². The summed E-state index contributed by atoms with van der Waals surface area (Å²) in [6, 6.07) is 10.8. The Morgan fingerprint density at radius 2 is 2.00 bits per heavy atom. The summed E-state index contributed by atoms with van der Waals surface area (Å²) in [6.45, 7) is 0.495. The number of likely N-dealkylation sites (tertiary alicyclic amines) is 1. The topological polar surface area (TPSA) is 109 Å². The molecule has 158 valence electrons. The summed E-state index contributed by atoms with van der Waals surface area (Å²) in [5.41, 5.74) is 1.51. The van der Waals surface area contributed by atoms with Gasteiger partial charge in [0.15, 0.2) is 0 Å². The van der Waals surface area contributed by atoms with Crippen LogP contribution >= 0.6 is 15.9 Å². The number of amides is 2. The third kappa shape index (κ3) is 5.56. The molecule has 8 nitrogen and oxygen atoms in total. The van der Waals surface area contributed by atoms with Crippen LogP contribution in [0.15, 0.2) is 53.3 Å². The molecule has 0 bridgehead atoms. The van der Waals surface area contributed by atoms with E-state index in [-0.39, 0.29) is 13.0 Å². The Kier molecular flexibility index (Phi) is 7.40. The molecule has 1 aliphatic heterocycles. The number of carboxylic acid groups (broad SMARTS) is 1. The van der Waals surface area contributed by atoms with E-state index in [1.54, 1.807) is 18.3 Å². The molecule has 1 aromatic heterocycles. The number of hydrogen-bond donors (Lipinski definition) is 2. The first-order chi connectivity index (χ1) is 14.5. The van der Waals surface area contributed by atoms with E-state index in [0.717, 1.165) is 5.56 Å². The van der Waals surface area contributed by atoms with Crippen LogP contribution in [0.3, 0.4) is 0 Å². The summed E-state index contributed by atoms with van der Waals surface area (Å²) in [5, 5.41) is 12.1. The fraction of sp³-hybridized carbons (Fsp3) is 0.333. The summed E-state index contributed by atoms with van der Waals surface area (Å²) in [6.07, 6.45) is 2.16. The molecular weight excluding hydrogens is 454 g/mol. The SMILES string of the molecule is O=C(N[C@H](Cc1cccnc1Br)C(=O)O)[C@H]1CCCN1C(=O)OCc1ccccc1. The first-order valence-electron chi connectivity index (χ1n) is 9.55. The number of nitrogens with zero attached hydrogens (tertiary/aromatic N) is 2. The zero-order valence-corrected chi connectivity index (χ0v) is 17.7. The van der Waals surface area contributed by atoms with Gasteiger partial charge >= 0.3 is 12.1 Å². The lowest BCUT2D eigenvalue weighted by Crippen LogP contribution is -2.51. The van der Waals surface area contributed by atoms with E-state index < -0.39 is 30.1 Å². The van der Waals surface area contributed by atoms with E-state index in [9.17, 15) is 19.5 Å². The third-order valence-corrected chi connectivity index (χ3v) is 5.58. The lowest BCUT2D eigenvalue weighted by atomic mass is 10.1. The summed E-state index contributed by atoms with van der Waals surface area (Å²) >= 11 is 3.29. The number of carbonyl (C=O) groups is 3. The largest absolute Gasteiger partial charge is 0.480 e. The van der Waals surface area contributed by atoms with Gasteiger partial charge in [0.05, 0.1) is 0 Å². The minimum atomic E-state index is -1.16. The molecule has 0 unspecified atom stereocenters. The summed E-state index contributed by atoms with van der Waals surface area (Å²) in [4.78, 5) is 42.4. The molecule has 1 saturated heterocycles. The maximum Gasteiger partial charge on any atom is 0.410 e. The van der Waals surface area contributed by atoms with Gasteiger partial charge in [0.25, 0.3) is 0 Å². The molecule has 0 radical (unpaired) electrons. The van der Waals surface area contributed by atoms with Crippen molar-refractivity contribution in [3.8, 4) is 0 Å². The number of pyridine rings is 1. The van der Waals surface area contributed by atoms with Gasteiger partial charge in [-0.15, -0.1) is 0 Å². The summed E-state index contributed by atoms with van der Waals surface area (Å²) in [7, 11) is 0. The number of rotatable bonds is 7. The van der Waals surface area contributed by atoms with Crippen LogP contribution in [0, 0.1) is 0 Å². The fourth-order valence-corrected chi connectivity index (χ4v) is 3.73. The summed E-state index contributed by atoms with van der Waals surface area (Å²) < 4.78 is 5.86. The number of hydrogen-bond acceptors (Lipinski definition) is 5. The van der Waals surface area contributed by atoms with Crippen LogP contribution in [-0.4, -0.2) is 51.6 Å². The molecule has 2 heterocycles. The number of benzene rings is 1. The highest BCUT2D eigenvalue weighted by atomic mass is 79.9. The average Bonchev–Trinajstić information content (AvgIpc) is 3.24. The van der Waals surface area contributed by atoms with Gasteiger partial charge in [-0.1, -0.05) is 36.4 Å². The second-order valence-electron chi connectivity index (χ2n) is 6.95. The number of ether oxygens (including phenoxy) is 1. The predicted molar refractivity (Wildman–Crippen MR) is 112 cm³/mol. The van der Waals surface area contributed by atoms with Crippen LogP contribution in [0.5, 0.6) is 0 Å². The second kappa shape index (κ2) is 10.2. The van der Waals surface area contributed by atoms with Gasteiger partial charge < -0.3 is 15.2 Å². The molecule has 0 aliphatic carbocycles. The van der Waals surface area contributed by atoms with Crippen LogP contribution in [0.2, 0.25) is 0 Å². The van der Waals surface area contributed by atoms with Gasteiger partial charge in [0.2, 0.25) is 5.91 Å². The van der Waals surface area contributed by atoms with Crippen molar-refractivity contribution < 1.29 is 24.2 Å². The first kappa shape index (κ1) is 21.8. The number of nitrogens with one attached hydrogen (secondary N) is 1. The summed E-state index contributed by atoms with van der Waals surface area (Å²) in [5.74, 6) is -1.66. The van der Waals surface area contributed by atoms with Gasteiger partial charge in [0.1, 0.15) is 23.3 Å². The fourth-order valence-electron chi connectivity index (χ4n) is 3.32. The molecule has 1 fully saturated rings. The highest BCUT2D eigenvalue weighted by Crippen LogP contribution is 2.20. The zero-order chi connectivity index (χ0) is 21.5. The van der Waals surface area contributed by atoms with Crippen molar-refractivity contribution in [3.05, 3.63) is 64.4 Å². The first-order valence-corrected chi connectivity index (χ1v) is 10.3. The molecule has 30 heavy (non-hydrogen) atoms. The Morgan fingerprint density at radius 3 is 2.70 bits per heavy atom. The molecule has 2 amide bonds. The van der Waals surface area contributed by atoms with Crippen molar-refractivity contribution in [1.29, 1.82) is 0 Å². The molecule has 1 aliphatic rings. The second-order valence-corrected chi connectivity index (χ2v) is 7.70. The van der Waals surface area contributed by atoms with Crippen molar-refractivity contribution in [2.24, 2.45) is 0 Å². The Bertz CT molecular complexity index is 909. The molecule has 2 aromatic rings. The minimum absolute atomic E-state index is 0.0701. The number of carboxylic acids is 1. The normalized spacial score (nSPS) is 16.7.